The van der Waals surface area contributed by atoms with Gasteiger partial charge < -0.3 is 10.0 Å². The highest BCUT2D eigenvalue weighted by Gasteiger charge is 2.28. The lowest BCUT2D eigenvalue weighted by atomic mass is 10.1. The molecule has 1 amide bonds. The van der Waals surface area contributed by atoms with Crippen LogP contribution in [0.3, 0.4) is 0 Å². The van der Waals surface area contributed by atoms with E-state index < -0.39 is 0 Å². The maximum atomic E-state index is 13.1. The minimum Gasteiger partial charge on any atom is -0.396 e. The first-order valence-electron chi connectivity index (χ1n) is 6.40. The van der Waals surface area contributed by atoms with E-state index >= 15 is 0 Å². The number of halogens is 1. The molecule has 1 N–H and O–H groups in total. The zero-order valence-electron chi connectivity index (χ0n) is 10.3. The zero-order chi connectivity index (χ0) is 13.0. The Morgan fingerprint density at radius 3 is 3.06 bits per heavy atom. The maximum absolute atomic E-state index is 13.1. The molecule has 2 rings (SSSR count). The van der Waals surface area contributed by atoms with E-state index in [0.29, 0.717) is 12.0 Å². The number of carbonyl (C=O) groups excluding carboxylic acids is 1. The van der Waals surface area contributed by atoms with Crippen molar-refractivity contribution in [1.82, 2.24) is 4.90 Å². The largest absolute Gasteiger partial charge is 0.396 e. The molecule has 0 bridgehead atoms. The van der Waals surface area contributed by atoms with Crippen LogP contribution in [-0.4, -0.2) is 35.1 Å². The number of carbonyl (C=O) groups is 1. The molecule has 98 valence electrons. The molecule has 3 nitrogen and oxygen atoms in total. The third-order valence-electron chi connectivity index (χ3n) is 3.41. The number of nitrogens with zero attached hydrogens (tertiary/aromatic N) is 1. The zero-order valence-corrected chi connectivity index (χ0v) is 10.3. The molecular weight excluding hydrogens is 233 g/mol. The Morgan fingerprint density at radius 1 is 1.50 bits per heavy atom. The van der Waals surface area contributed by atoms with Crippen molar-refractivity contribution in [2.24, 2.45) is 0 Å². The topological polar surface area (TPSA) is 40.5 Å². The van der Waals surface area contributed by atoms with Crippen molar-refractivity contribution in [2.45, 2.75) is 31.7 Å². The van der Waals surface area contributed by atoms with Crippen LogP contribution in [0.2, 0.25) is 0 Å². The number of hydrogen-bond acceptors (Lipinski definition) is 2. The van der Waals surface area contributed by atoms with Gasteiger partial charge in [0.05, 0.1) is 0 Å². The number of aliphatic hydroxyl groups excluding tert-OH is 1. The van der Waals surface area contributed by atoms with Gasteiger partial charge in [-0.3, -0.25) is 4.79 Å². The van der Waals surface area contributed by atoms with E-state index in [9.17, 15) is 9.18 Å². The summed E-state index contributed by atoms with van der Waals surface area (Å²) in [6.45, 7) is 0.879. The molecule has 0 aliphatic carbocycles. The van der Waals surface area contributed by atoms with Crippen molar-refractivity contribution in [3.8, 4) is 0 Å². The second kappa shape index (κ2) is 5.96. The van der Waals surface area contributed by atoms with E-state index in [4.69, 9.17) is 5.11 Å². The molecule has 0 aromatic heterocycles. The Hall–Kier alpha value is -1.42. The SMILES string of the molecule is O=C(c1cccc(F)c1)N1CCCC1CCCO. The molecular formula is C14H18FNO2. The van der Waals surface area contributed by atoms with Gasteiger partial charge >= 0.3 is 0 Å². The molecule has 1 unspecified atom stereocenters. The molecule has 1 saturated heterocycles. The van der Waals surface area contributed by atoms with Gasteiger partial charge in [0.2, 0.25) is 0 Å². The van der Waals surface area contributed by atoms with Crippen LogP contribution >= 0.6 is 0 Å². The van der Waals surface area contributed by atoms with Crippen LogP contribution in [0.5, 0.6) is 0 Å². The van der Waals surface area contributed by atoms with Crippen molar-refractivity contribution in [3.63, 3.8) is 0 Å². The fourth-order valence-electron chi connectivity index (χ4n) is 2.52. The van der Waals surface area contributed by atoms with Gasteiger partial charge in [0.25, 0.3) is 5.91 Å². The summed E-state index contributed by atoms with van der Waals surface area (Å²) in [5.41, 5.74) is 0.408. The second-order valence-corrected chi connectivity index (χ2v) is 4.67. The summed E-state index contributed by atoms with van der Waals surface area (Å²) >= 11 is 0. The normalized spacial score (nSPS) is 19.2. The lowest BCUT2D eigenvalue weighted by molar-refractivity contribution is 0.0724. The predicted octanol–water partition coefficient (Wildman–Crippen LogP) is 2.20. The Labute approximate surface area is 106 Å². The summed E-state index contributed by atoms with van der Waals surface area (Å²) in [6, 6.07) is 6.01. The monoisotopic (exact) mass is 251 g/mol. The highest BCUT2D eigenvalue weighted by molar-refractivity contribution is 5.94. The van der Waals surface area contributed by atoms with E-state index in [1.165, 1.54) is 12.1 Å². The molecule has 1 heterocycles. The number of amides is 1. The van der Waals surface area contributed by atoms with Crippen LogP contribution in [0.15, 0.2) is 24.3 Å². The quantitative estimate of drug-likeness (QED) is 0.891. The van der Waals surface area contributed by atoms with Gasteiger partial charge in [-0.2, -0.15) is 0 Å². The fraction of sp³-hybridized carbons (Fsp3) is 0.500. The van der Waals surface area contributed by atoms with Crippen molar-refractivity contribution in [3.05, 3.63) is 35.6 Å². The van der Waals surface area contributed by atoms with E-state index in [1.54, 1.807) is 12.1 Å². The van der Waals surface area contributed by atoms with E-state index in [0.717, 1.165) is 25.8 Å². The molecule has 1 aromatic rings. The van der Waals surface area contributed by atoms with Gasteiger partial charge in [0, 0.05) is 24.8 Å². The Bertz CT molecular complexity index is 422. The Morgan fingerprint density at radius 2 is 2.33 bits per heavy atom. The lowest BCUT2D eigenvalue weighted by Gasteiger charge is -2.24. The van der Waals surface area contributed by atoms with Gasteiger partial charge in [-0.25, -0.2) is 4.39 Å². The number of aliphatic hydroxyl groups is 1. The Balaban J connectivity index is 2.08. The van der Waals surface area contributed by atoms with Gasteiger partial charge in [0.1, 0.15) is 5.82 Å². The number of hydrogen-bond donors (Lipinski definition) is 1. The number of rotatable bonds is 4. The number of likely N-dealkylation sites (tertiary alicyclic amines) is 1. The van der Waals surface area contributed by atoms with Crippen LogP contribution < -0.4 is 0 Å². The standard InChI is InChI=1S/C14H18FNO2/c15-12-5-1-4-11(10-12)14(18)16-8-2-6-13(16)7-3-9-17/h1,4-5,10,13,17H,2-3,6-9H2. The Kier molecular flexibility index (Phi) is 4.31. The van der Waals surface area contributed by atoms with Gasteiger partial charge in [-0.1, -0.05) is 6.07 Å². The second-order valence-electron chi connectivity index (χ2n) is 4.67. The summed E-state index contributed by atoms with van der Waals surface area (Å²) < 4.78 is 13.1. The van der Waals surface area contributed by atoms with Crippen molar-refractivity contribution >= 4 is 5.91 Å². The molecule has 1 aliphatic rings. The van der Waals surface area contributed by atoms with E-state index in [1.807, 2.05) is 4.90 Å². The minimum absolute atomic E-state index is 0.102. The molecule has 1 aliphatic heterocycles. The minimum atomic E-state index is -0.382. The smallest absolute Gasteiger partial charge is 0.254 e. The molecule has 0 saturated carbocycles. The van der Waals surface area contributed by atoms with Gasteiger partial charge in [-0.15, -0.1) is 0 Å². The summed E-state index contributed by atoms with van der Waals surface area (Å²) in [4.78, 5) is 14.1. The predicted molar refractivity (Wildman–Crippen MR) is 66.8 cm³/mol. The van der Waals surface area contributed by atoms with Crippen LogP contribution in [0.25, 0.3) is 0 Å². The van der Waals surface area contributed by atoms with Crippen LogP contribution in [-0.2, 0) is 0 Å². The van der Waals surface area contributed by atoms with E-state index in [2.05, 4.69) is 0 Å². The molecule has 0 spiro atoms. The summed E-state index contributed by atoms with van der Waals surface area (Å²) in [5, 5.41) is 8.85. The molecule has 1 atom stereocenters. The third kappa shape index (κ3) is 2.88. The molecule has 1 aromatic carbocycles. The third-order valence-corrected chi connectivity index (χ3v) is 3.41. The van der Waals surface area contributed by atoms with Crippen molar-refractivity contribution in [2.75, 3.05) is 13.2 Å². The average Bonchev–Trinajstić information content (AvgIpc) is 2.83. The summed E-state index contributed by atoms with van der Waals surface area (Å²) in [6.07, 6.45) is 3.48. The molecule has 0 radical (unpaired) electrons. The average molecular weight is 251 g/mol. The highest BCUT2D eigenvalue weighted by Crippen LogP contribution is 2.23. The van der Waals surface area contributed by atoms with Crippen LogP contribution in [0.4, 0.5) is 4.39 Å². The number of benzene rings is 1. The lowest BCUT2D eigenvalue weighted by Crippen LogP contribution is -2.35. The van der Waals surface area contributed by atoms with Crippen LogP contribution in [0, 0.1) is 5.82 Å². The summed E-state index contributed by atoms with van der Waals surface area (Å²) in [7, 11) is 0. The molecule has 4 heteroatoms. The maximum Gasteiger partial charge on any atom is 0.254 e. The van der Waals surface area contributed by atoms with Crippen molar-refractivity contribution < 1.29 is 14.3 Å². The van der Waals surface area contributed by atoms with Crippen molar-refractivity contribution in [1.29, 1.82) is 0 Å². The van der Waals surface area contributed by atoms with Crippen LogP contribution in [0.1, 0.15) is 36.0 Å². The van der Waals surface area contributed by atoms with Gasteiger partial charge in [-0.05, 0) is 43.9 Å². The molecule has 1 fully saturated rings. The first-order valence-corrected chi connectivity index (χ1v) is 6.40. The first-order chi connectivity index (χ1) is 8.72. The van der Waals surface area contributed by atoms with Gasteiger partial charge in [0.15, 0.2) is 0 Å². The summed E-state index contributed by atoms with van der Waals surface area (Å²) in [5.74, 6) is -0.484. The van der Waals surface area contributed by atoms with E-state index in [-0.39, 0.29) is 24.4 Å². The first kappa shape index (κ1) is 13.0. The highest BCUT2D eigenvalue weighted by atomic mass is 19.1. The fourth-order valence-corrected chi connectivity index (χ4v) is 2.52. The molecule has 18 heavy (non-hydrogen) atoms.